The number of carbonyl (C=O) groups is 1. The van der Waals surface area contributed by atoms with Crippen molar-refractivity contribution in [1.29, 1.82) is 0 Å². The molecule has 8 heteroatoms. The van der Waals surface area contributed by atoms with Gasteiger partial charge in [-0.15, -0.1) is 10.2 Å². The van der Waals surface area contributed by atoms with Crippen molar-refractivity contribution in [2.45, 2.75) is 17.7 Å². The highest BCUT2D eigenvalue weighted by molar-refractivity contribution is 7.99. The molecule has 0 fully saturated rings. The van der Waals surface area contributed by atoms with Crippen LogP contribution in [-0.4, -0.2) is 31.7 Å². The Morgan fingerprint density at radius 1 is 1.50 bits per heavy atom. The van der Waals surface area contributed by atoms with E-state index < -0.39 is 5.97 Å². The molecule has 3 N–H and O–H groups in total. The van der Waals surface area contributed by atoms with Gasteiger partial charge in [0.05, 0.1) is 5.75 Å². The van der Waals surface area contributed by atoms with Gasteiger partial charge in [0, 0.05) is 6.42 Å². The summed E-state index contributed by atoms with van der Waals surface area (Å²) in [4.78, 5) is 10.6. The van der Waals surface area contributed by atoms with Crippen molar-refractivity contribution < 1.29 is 14.6 Å². The van der Waals surface area contributed by atoms with Crippen LogP contribution in [0.1, 0.15) is 17.5 Å². The van der Waals surface area contributed by atoms with Crippen molar-refractivity contribution in [3.63, 3.8) is 0 Å². The molecule has 1 unspecified atom stereocenters. The van der Waals surface area contributed by atoms with E-state index in [1.807, 2.05) is 24.3 Å². The van der Waals surface area contributed by atoms with E-state index in [0.29, 0.717) is 17.4 Å². The van der Waals surface area contributed by atoms with Crippen molar-refractivity contribution in [2.75, 3.05) is 11.6 Å². The van der Waals surface area contributed by atoms with Gasteiger partial charge in [0.15, 0.2) is 11.9 Å². The maximum absolute atomic E-state index is 10.6. The molecular formula is C12H12N4O3S. The molecule has 1 aliphatic heterocycles. The predicted octanol–water partition coefficient (Wildman–Crippen LogP) is 0.845. The van der Waals surface area contributed by atoms with Crippen LogP contribution >= 0.6 is 11.8 Å². The van der Waals surface area contributed by atoms with Crippen LogP contribution in [0.3, 0.4) is 0 Å². The zero-order valence-corrected chi connectivity index (χ0v) is 11.2. The molecule has 0 saturated heterocycles. The van der Waals surface area contributed by atoms with Gasteiger partial charge in [-0.05, 0) is 11.6 Å². The van der Waals surface area contributed by atoms with Gasteiger partial charge in [-0.2, -0.15) is 0 Å². The van der Waals surface area contributed by atoms with Gasteiger partial charge in [0.1, 0.15) is 5.75 Å². The number of thioether (sulfide) groups is 1. The molecule has 2 heterocycles. The summed E-state index contributed by atoms with van der Waals surface area (Å²) in [7, 11) is 0. The van der Waals surface area contributed by atoms with Crippen molar-refractivity contribution in [3.8, 4) is 5.75 Å². The molecule has 7 nitrogen and oxygen atoms in total. The molecule has 2 aromatic rings. The van der Waals surface area contributed by atoms with Crippen LogP contribution < -0.4 is 10.6 Å². The first-order valence-electron chi connectivity index (χ1n) is 5.94. The number of fused-ring (bicyclic) bond motifs is 1. The quantitative estimate of drug-likeness (QED) is 0.636. The minimum Gasteiger partial charge on any atom is -0.482 e. The minimum atomic E-state index is -0.927. The van der Waals surface area contributed by atoms with Crippen LogP contribution in [0.25, 0.3) is 0 Å². The topological polar surface area (TPSA) is 103 Å². The number of nitrogens with two attached hydrogens (primary N) is 1. The number of carboxylic acid groups (broad SMARTS) is 1. The average molecular weight is 292 g/mol. The standard InChI is InChI=1S/C12H12N4O3S/c13-16-11(14-15-12(16)20-6-10(17)18)9-5-7-3-1-2-4-8(7)19-9/h1-4,9H,5-6,13H2,(H,17,18). The number of aromatic nitrogens is 3. The lowest BCUT2D eigenvalue weighted by atomic mass is 10.1. The van der Waals surface area contributed by atoms with Crippen LogP contribution in [0.2, 0.25) is 0 Å². The van der Waals surface area contributed by atoms with Gasteiger partial charge >= 0.3 is 5.97 Å². The molecule has 1 aliphatic rings. The number of para-hydroxylation sites is 1. The molecule has 104 valence electrons. The molecule has 20 heavy (non-hydrogen) atoms. The maximum Gasteiger partial charge on any atom is 0.313 e. The van der Waals surface area contributed by atoms with E-state index in [-0.39, 0.29) is 11.9 Å². The lowest BCUT2D eigenvalue weighted by Crippen LogP contribution is -2.19. The smallest absolute Gasteiger partial charge is 0.313 e. The SMILES string of the molecule is Nn1c(SCC(=O)O)nnc1C1Cc2ccccc2O1. The van der Waals surface area contributed by atoms with Crippen LogP contribution in [0.4, 0.5) is 0 Å². The van der Waals surface area contributed by atoms with E-state index in [1.165, 1.54) is 4.68 Å². The molecule has 0 saturated carbocycles. The Morgan fingerprint density at radius 2 is 2.30 bits per heavy atom. The summed E-state index contributed by atoms with van der Waals surface area (Å²) < 4.78 is 7.08. The maximum atomic E-state index is 10.6. The van der Waals surface area contributed by atoms with Gasteiger partial charge in [-0.25, -0.2) is 4.68 Å². The van der Waals surface area contributed by atoms with Crippen LogP contribution in [0, 0.1) is 0 Å². The second-order valence-electron chi connectivity index (χ2n) is 4.31. The van der Waals surface area contributed by atoms with E-state index in [1.54, 1.807) is 0 Å². The third-order valence-electron chi connectivity index (χ3n) is 2.95. The van der Waals surface area contributed by atoms with Gasteiger partial charge < -0.3 is 15.7 Å². The third kappa shape index (κ3) is 2.29. The van der Waals surface area contributed by atoms with Gasteiger partial charge in [0.2, 0.25) is 5.16 Å². The number of ether oxygens (including phenoxy) is 1. The molecule has 1 aromatic heterocycles. The highest BCUT2D eigenvalue weighted by Crippen LogP contribution is 2.35. The van der Waals surface area contributed by atoms with Crippen molar-refractivity contribution in [2.24, 2.45) is 0 Å². The Balaban J connectivity index is 1.78. The summed E-state index contributed by atoms with van der Waals surface area (Å²) in [5.41, 5.74) is 1.10. The van der Waals surface area contributed by atoms with Crippen molar-refractivity contribution in [3.05, 3.63) is 35.7 Å². The highest BCUT2D eigenvalue weighted by atomic mass is 32.2. The number of aliphatic carboxylic acids is 1. The molecule has 1 atom stereocenters. The van der Waals surface area contributed by atoms with E-state index in [9.17, 15) is 4.79 Å². The first-order valence-corrected chi connectivity index (χ1v) is 6.93. The second kappa shape index (κ2) is 5.04. The molecule has 0 amide bonds. The number of nitrogen functional groups attached to an aromatic ring is 1. The van der Waals surface area contributed by atoms with Crippen LogP contribution in [0.15, 0.2) is 29.4 Å². The number of nitrogens with zero attached hydrogens (tertiary/aromatic N) is 3. The number of benzene rings is 1. The first kappa shape index (κ1) is 12.8. The largest absolute Gasteiger partial charge is 0.482 e. The van der Waals surface area contributed by atoms with E-state index >= 15 is 0 Å². The summed E-state index contributed by atoms with van der Waals surface area (Å²) in [6.07, 6.45) is 0.388. The molecule has 1 aromatic carbocycles. The van der Waals surface area contributed by atoms with Crippen molar-refractivity contribution >= 4 is 17.7 Å². The average Bonchev–Trinajstić information content (AvgIpc) is 2.99. The van der Waals surface area contributed by atoms with E-state index in [2.05, 4.69) is 10.2 Å². The molecular weight excluding hydrogens is 280 g/mol. The van der Waals surface area contributed by atoms with Crippen LogP contribution in [0.5, 0.6) is 5.75 Å². The number of carboxylic acids is 1. The van der Waals surface area contributed by atoms with E-state index in [4.69, 9.17) is 15.7 Å². The number of rotatable bonds is 4. The summed E-state index contributed by atoms with van der Waals surface area (Å²) >= 11 is 1.03. The van der Waals surface area contributed by atoms with Gasteiger partial charge in [0.25, 0.3) is 0 Å². The normalized spacial score (nSPS) is 16.7. The number of hydrogen-bond acceptors (Lipinski definition) is 6. The summed E-state index contributed by atoms with van der Waals surface area (Å²) in [6.45, 7) is 0. The van der Waals surface area contributed by atoms with Gasteiger partial charge in [-0.1, -0.05) is 30.0 Å². The Labute approximate surface area is 118 Å². The number of hydrogen-bond donors (Lipinski definition) is 2. The summed E-state index contributed by atoms with van der Waals surface area (Å²) in [5.74, 6) is 6.18. The third-order valence-corrected chi connectivity index (χ3v) is 3.88. The first-order chi connectivity index (χ1) is 9.65. The molecule has 3 rings (SSSR count). The fraction of sp³-hybridized carbons (Fsp3) is 0.250. The minimum absolute atomic E-state index is 0.110. The zero-order valence-electron chi connectivity index (χ0n) is 10.4. The Bertz CT molecular complexity index is 633. The fourth-order valence-corrected chi connectivity index (χ4v) is 2.64. The Hall–Kier alpha value is -2.22. The zero-order chi connectivity index (χ0) is 14.1. The highest BCUT2D eigenvalue weighted by Gasteiger charge is 2.29. The Morgan fingerprint density at radius 3 is 3.05 bits per heavy atom. The lowest BCUT2D eigenvalue weighted by molar-refractivity contribution is -0.133. The fourth-order valence-electron chi connectivity index (χ4n) is 2.06. The van der Waals surface area contributed by atoms with Gasteiger partial charge in [-0.3, -0.25) is 4.79 Å². The Kier molecular flexibility index (Phi) is 3.23. The lowest BCUT2D eigenvalue weighted by Gasteiger charge is -2.09. The van der Waals surface area contributed by atoms with Crippen LogP contribution in [-0.2, 0) is 11.2 Å². The summed E-state index contributed by atoms with van der Waals surface area (Å²) in [6, 6.07) is 7.74. The second-order valence-corrected chi connectivity index (χ2v) is 5.25. The monoisotopic (exact) mass is 292 g/mol. The molecule has 0 bridgehead atoms. The molecule has 0 aliphatic carbocycles. The predicted molar refractivity (Wildman–Crippen MR) is 72.0 cm³/mol. The van der Waals surface area contributed by atoms with E-state index in [0.717, 1.165) is 23.1 Å². The molecule has 0 radical (unpaired) electrons. The van der Waals surface area contributed by atoms with Crippen molar-refractivity contribution in [1.82, 2.24) is 14.9 Å². The summed E-state index contributed by atoms with van der Waals surface area (Å²) in [5, 5.41) is 16.9. The molecule has 0 spiro atoms.